The Labute approximate surface area is 86.2 Å². The van der Waals surface area contributed by atoms with E-state index in [1.807, 2.05) is 0 Å². The van der Waals surface area contributed by atoms with Crippen LogP contribution in [0.5, 0.6) is 0 Å². The van der Waals surface area contributed by atoms with Gasteiger partial charge in [-0.05, 0) is 33.2 Å². The molecule has 1 saturated heterocycles. The van der Waals surface area contributed by atoms with Crippen LogP contribution in [0, 0.1) is 0 Å². The highest BCUT2D eigenvalue weighted by atomic mass is 32.2. The normalized spacial score (nSPS) is 26.6. The molecule has 1 atom stereocenters. The van der Waals surface area contributed by atoms with Gasteiger partial charge in [-0.25, -0.2) is 8.42 Å². The Hall–Kier alpha value is -0.130. The Morgan fingerprint density at radius 1 is 1.50 bits per heavy atom. The second-order valence-corrected chi connectivity index (χ2v) is 6.90. The lowest BCUT2D eigenvalue weighted by Gasteiger charge is -2.29. The summed E-state index contributed by atoms with van der Waals surface area (Å²) in [6.45, 7) is 4.75. The van der Waals surface area contributed by atoms with Gasteiger partial charge in [0.1, 0.15) is 0 Å². The Morgan fingerprint density at radius 3 is 2.57 bits per heavy atom. The number of hydrogen-bond donors (Lipinski definition) is 2. The van der Waals surface area contributed by atoms with E-state index in [1.165, 1.54) is 0 Å². The maximum absolute atomic E-state index is 11.2. The van der Waals surface area contributed by atoms with Crippen molar-refractivity contribution in [2.24, 2.45) is 5.73 Å². The predicted molar refractivity (Wildman–Crippen MR) is 57.9 cm³/mol. The first-order valence-corrected chi connectivity index (χ1v) is 6.85. The lowest BCUT2D eigenvalue weighted by Crippen LogP contribution is -2.47. The highest BCUT2D eigenvalue weighted by molar-refractivity contribution is 7.91. The molecule has 1 fully saturated rings. The van der Waals surface area contributed by atoms with Crippen molar-refractivity contribution in [1.29, 1.82) is 0 Å². The molecule has 1 aliphatic rings. The summed E-state index contributed by atoms with van der Waals surface area (Å²) >= 11 is 0. The van der Waals surface area contributed by atoms with E-state index in [9.17, 15) is 8.42 Å². The molecule has 0 amide bonds. The molecule has 0 aromatic carbocycles. The second-order valence-electron chi connectivity index (χ2n) is 4.67. The van der Waals surface area contributed by atoms with Crippen LogP contribution < -0.4 is 11.1 Å². The molecular formula is C9H20N2O2S. The van der Waals surface area contributed by atoms with Crippen molar-refractivity contribution >= 4 is 9.84 Å². The van der Waals surface area contributed by atoms with Crippen LogP contribution in [-0.4, -0.2) is 38.0 Å². The minimum absolute atomic E-state index is 0.0563. The summed E-state index contributed by atoms with van der Waals surface area (Å²) in [4.78, 5) is 0. The van der Waals surface area contributed by atoms with E-state index in [0.717, 1.165) is 12.8 Å². The van der Waals surface area contributed by atoms with Gasteiger partial charge in [0.15, 0.2) is 9.84 Å². The SMILES string of the molecule is CC(C)(CCN)NC1CCS(=O)(=O)C1. The van der Waals surface area contributed by atoms with Crippen LogP contribution >= 0.6 is 0 Å². The van der Waals surface area contributed by atoms with Crippen molar-refractivity contribution in [3.8, 4) is 0 Å². The third-order valence-electron chi connectivity index (χ3n) is 2.60. The monoisotopic (exact) mass is 220 g/mol. The molecule has 1 rings (SSSR count). The number of nitrogens with one attached hydrogen (secondary N) is 1. The second kappa shape index (κ2) is 4.16. The van der Waals surface area contributed by atoms with Gasteiger partial charge in [-0.15, -0.1) is 0 Å². The van der Waals surface area contributed by atoms with Crippen molar-refractivity contribution in [3.63, 3.8) is 0 Å². The predicted octanol–water partition coefficient (Wildman–Crippen LogP) is -0.109. The Morgan fingerprint density at radius 2 is 2.14 bits per heavy atom. The summed E-state index contributed by atoms with van der Waals surface area (Å²) in [5, 5.41) is 3.35. The summed E-state index contributed by atoms with van der Waals surface area (Å²) in [6, 6.07) is 0.113. The molecule has 4 nitrogen and oxygen atoms in total. The summed E-state index contributed by atoms with van der Waals surface area (Å²) in [5.41, 5.74) is 5.43. The molecule has 1 heterocycles. The molecule has 0 saturated carbocycles. The van der Waals surface area contributed by atoms with Gasteiger partial charge < -0.3 is 11.1 Å². The van der Waals surface area contributed by atoms with Crippen molar-refractivity contribution in [2.45, 2.75) is 38.3 Å². The van der Waals surface area contributed by atoms with E-state index >= 15 is 0 Å². The van der Waals surface area contributed by atoms with Crippen LogP contribution in [0.1, 0.15) is 26.7 Å². The molecule has 1 unspecified atom stereocenters. The third-order valence-corrected chi connectivity index (χ3v) is 4.36. The molecule has 0 aromatic rings. The average Bonchev–Trinajstić information content (AvgIpc) is 2.28. The first kappa shape index (κ1) is 11.9. The summed E-state index contributed by atoms with van der Waals surface area (Å²) in [7, 11) is -2.78. The molecule has 3 N–H and O–H groups in total. The molecule has 1 aliphatic heterocycles. The van der Waals surface area contributed by atoms with E-state index < -0.39 is 9.84 Å². The van der Waals surface area contributed by atoms with Gasteiger partial charge in [0.25, 0.3) is 0 Å². The lowest BCUT2D eigenvalue weighted by molar-refractivity contribution is 0.329. The van der Waals surface area contributed by atoms with Crippen LogP contribution in [0.15, 0.2) is 0 Å². The third kappa shape index (κ3) is 3.55. The van der Waals surface area contributed by atoms with Crippen molar-refractivity contribution in [3.05, 3.63) is 0 Å². The quantitative estimate of drug-likeness (QED) is 0.693. The van der Waals surface area contributed by atoms with E-state index in [2.05, 4.69) is 19.2 Å². The largest absolute Gasteiger partial charge is 0.330 e. The Balaban J connectivity index is 2.46. The van der Waals surface area contributed by atoms with Crippen LogP contribution in [-0.2, 0) is 9.84 Å². The van der Waals surface area contributed by atoms with Gasteiger partial charge >= 0.3 is 0 Å². The van der Waals surface area contributed by atoms with Crippen molar-refractivity contribution < 1.29 is 8.42 Å². The number of hydrogen-bond acceptors (Lipinski definition) is 4. The lowest BCUT2D eigenvalue weighted by atomic mass is 9.99. The molecule has 84 valence electrons. The molecule has 0 aliphatic carbocycles. The van der Waals surface area contributed by atoms with E-state index in [1.54, 1.807) is 0 Å². The van der Waals surface area contributed by atoms with Crippen LogP contribution in [0.2, 0.25) is 0 Å². The van der Waals surface area contributed by atoms with E-state index in [4.69, 9.17) is 5.73 Å². The number of nitrogens with two attached hydrogens (primary N) is 1. The Kier molecular flexibility index (Phi) is 3.55. The van der Waals surface area contributed by atoms with Gasteiger partial charge in [-0.3, -0.25) is 0 Å². The fraction of sp³-hybridized carbons (Fsp3) is 1.00. The molecule has 0 radical (unpaired) electrons. The summed E-state index contributed by atoms with van der Waals surface area (Å²) in [5.74, 6) is 0.602. The smallest absolute Gasteiger partial charge is 0.151 e. The van der Waals surface area contributed by atoms with Crippen LogP contribution in [0.4, 0.5) is 0 Å². The molecule has 5 heteroatoms. The van der Waals surface area contributed by atoms with Crippen molar-refractivity contribution in [1.82, 2.24) is 5.32 Å². The van der Waals surface area contributed by atoms with Gasteiger partial charge in [-0.1, -0.05) is 0 Å². The highest BCUT2D eigenvalue weighted by Gasteiger charge is 2.31. The number of rotatable bonds is 4. The van der Waals surface area contributed by atoms with Crippen molar-refractivity contribution in [2.75, 3.05) is 18.1 Å². The molecule has 14 heavy (non-hydrogen) atoms. The summed E-state index contributed by atoms with van der Waals surface area (Å²) < 4.78 is 22.4. The molecule has 0 spiro atoms. The van der Waals surface area contributed by atoms with Crippen LogP contribution in [0.3, 0.4) is 0 Å². The minimum Gasteiger partial charge on any atom is -0.330 e. The van der Waals surface area contributed by atoms with Gasteiger partial charge in [0.2, 0.25) is 0 Å². The zero-order valence-corrected chi connectivity index (χ0v) is 9.73. The van der Waals surface area contributed by atoms with Gasteiger partial charge in [0, 0.05) is 11.6 Å². The van der Waals surface area contributed by atoms with Gasteiger partial charge in [0.05, 0.1) is 11.5 Å². The zero-order chi connectivity index (χ0) is 10.8. The number of sulfone groups is 1. The average molecular weight is 220 g/mol. The van der Waals surface area contributed by atoms with Crippen LogP contribution in [0.25, 0.3) is 0 Å². The minimum atomic E-state index is -2.78. The van der Waals surface area contributed by atoms with E-state index in [-0.39, 0.29) is 17.3 Å². The molecular weight excluding hydrogens is 200 g/mol. The maximum atomic E-state index is 11.2. The first-order chi connectivity index (χ1) is 6.35. The highest BCUT2D eigenvalue weighted by Crippen LogP contribution is 2.16. The maximum Gasteiger partial charge on any atom is 0.151 e. The topological polar surface area (TPSA) is 72.2 Å². The molecule has 0 bridgehead atoms. The summed E-state index contributed by atoms with van der Waals surface area (Å²) in [6.07, 6.45) is 1.60. The Bertz CT molecular complexity index is 285. The first-order valence-electron chi connectivity index (χ1n) is 5.03. The zero-order valence-electron chi connectivity index (χ0n) is 8.91. The fourth-order valence-electron chi connectivity index (χ4n) is 1.89. The van der Waals surface area contributed by atoms with Gasteiger partial charge in [-0.2, -0.15) is 0 Å². The standard InChI is InChI=1S/C9H20N2O2S/c1-9(2,4-5-10)11-8-3-6-14(12,13)7-8/h8,11H,3-7,10H2,1-2H3. The molecule has 0 aromatic heterocycles. The van der Waals surface area contributed by atoms with E-state index in [0.29, 0.717) is 12.3 Å². The fourth-order valence-corrected chi connectivity index (χ4v) is 3.57.